The van der Waals surface area contributed by atoms with E-state index >= 15 is 0 Å². The maximum atomic E-state index is 14.3. The molecule has 3 heterocycles. The quantitative estimate of drug-likeness (QED) is 0.0393. The molecule has 2 saturated carbocycles. The number of esters is 4. The predicted molar refractivity (Wildman–Crippen MR) is 298 cm³/mol. The number of nitrogens with one attached hydrogen (secondary N) is 3. The first-order valence-corrected chi connectivity index (χ1v) is 30.2. The molecule has 3 saturated heterocycles. The second kappa shape index (κ2) is 34.9. The number of Topliss-reactive ketones (excluding diaryl/α,β-unsaturated/α-hetero) is 1. The number of amides is 3. The maximum Gasteiger partial charge on any atom is 0.335 e. The lowest BCUT2D eigenvalue weighted by Gasteiger charge is -2.51. The van der Waals surface area contributed by atoms with E-state index < -0.39 is 139 Å². The molecule has 478 valence electrons. The average Bonchev–Trinajstić information content (AvgIpc) is 1.26. The number of rotatable bonds is 32. The number of ketones is 1. The van der Waals surface area contributed by atoms with Crippen LogP contribution in [0.15, 0.2) is 30.3 Å². The van der Waals surface area contributed by atoms with E-state index in [1.54, 1.807) is 13.8 Å². The van der Waals surface area contributed by atoms with Gasteiger partial charge in [0.15, 0.2) is 37.0 Å². The van der Waals surface area contributed by atoms with E-state index in [-0.39, 0.29) is 96.2 Å². The van der Waals surface area contributed by atoms with Gasteiger partial charge in [0.2, 0.25) is 11.8 Å². The molecule has 3 amide bonds. The minimum absolute atomic E-state index is 0.0452. The lowest BCUT2D eigenvalue weighted by Crippen LogP contribution is -2.70. The molecule has 2 aliphatic carbocycles. The molecule has 0 aromatic heterocycles. The van der Waals surface area contributed by atoms with E-state index in [0.717, 1.165) is 37.7 Å². The highest BCUT2D eigenvalue weighted by atomic mass is 16.7. The van der Waals surface area contributed by atoms with E-state index in [2.05, 4.69) is 16.0 Å². The molecule has 5 fully saturated rings. The Hall–Kier alpha value is -5.22. The molecule has 85 heavy (non-hydrogen) atoms. The van der Waals surface area contributed by atoms with Crippen molar-refractivity contribution in [1.82, 2.24) is 16.0 Å². The molecule has 25 heteroatoms. The zero-order valence-corrected chi connectivity index (χ0v) is 50.2. The van der Waals surface area contributed by atoms with Gasteiger partial charge in [-0.15, -0.1) is 0 Å². The van der Waals surface area contributed by atoms with Crippen LogP contribution in [-0.2, 0) is 102 Å². The predicted octanol–water partition coefficient (Wildman–Crippen LogP) is 2.82. The smallest absolute Gasteiger partial charge is 0.335 e. The second-order valence-electron chi connectivity index (χ2n) is 22.8. The number of aliphatic hydroxyl groups excluding tert-OH is 2. The normalized spacial score (nSPS) is 30.3. The summed E-state index contributed by atoms with van der Waals surface area (Å²) in [5.74, 6) is -5.33. The first kappa shape index (κ1) is 68.9. The summed E-state index contributed by atoms with van der Waals surface area (Å²) in [5, 5.41) is 28.6. The number of hydrogen-bond donors (Lipinski definition) is 5. The molecule has 17 atom stereocenters. The molecule has 3 aliphatic heterocycles. The largest absolute Gasteiger partial charge is 0.463 e. The SMILES string of the molecule is CCC1CC(C(=O)CCCNC(=O)CCOCCOCCNC(=O)[C@@H](O)[C@H](O)COCc2ccccc2)C[C@@H](O[C@@H]2O[C@@H](COC(C)=O)[C@@H]3OC(=O)[C@@H](CC4CCCCC4)OC3C2NC(C)=O)[C@@H]1O[C@@H]1OC(C)[C@@H](C)[C@H](OC(C)=O)C1OC(C)=O. The van der Waals surface area contributed by atoms with E-state index in [1.165, 1.54) is 27.7 Å². The number of carbonyl (C=O) groups is 8. The van der Waals surface area contributed by atoms with Gasteiger partial charge in [-0.2, -0.15) is 0 Å². The number of carbonyl (C=O) groups excluding carboxylic acids is 8. The highest BCUT2D eigenvalue weighted by Crippen LogP contribution is 2.42. The Morgan fingerprint density at radius 3 is 2.12 bits per heavy atom. The molecule has 5 N–H and O–H groups in total. The minimum atomic E-state index is -1.68. The van der Waals surface area contributed by atoms with Crippen LogP contribution >= 0.6 is 0 Å². The van der Waals surface area contributed by atoms with Crippen molar-refractivity contribution in [3.8, 4) is 0 Å². The highest BCUT2D eigenvalue weighted by molar-refractivity contribution is 5.82. The second-order valence-corrected chi connectivity index (χ2v) is 22.8. The van der Waals surface area contributed by atoms with E-state index in [1.807, 2.05) is 37.3 Å². The monoisotopic (exact) mass is 1210 g/mol. The van der Waals surface area contributed by atoms with Crippen molar-refractivity contribution in [3.63, 3.8) is 0 Å². The first-order chi connectivity index (χ1) is 40.7. The molecule has 6 rings (SSSR count). The summed E-state index contributed by atoms with van der Waals surface area (Å²) in [7, 11) is 0. The van der Waals surface area contributed by atoms with Crippen LogP contribution in [0.2, 0.25) is 0 Å². The van der Waals surface area contributed by atoms with Crippen LogP contribution in [0.4, 0.5) is 0 Å². The van der Waals surface area contributed by atoms with Crippen LogP contribution in [-0.4, -0.2) is 196 Å². The molecule has 1 aromatic rings. The minimum Gasteiger partial charge on any atom is -0.463 e. The van der Waals surface area contributed by atoms with Gasteiger partial charge in [-0.05, 0) is 50.0 Å². The standard InChI is InChI=1S/C60H91N3O22/c1-8-42-29-43(44(68)20-15-22-61-49(70)21-24-74-26-27-75-25-23-62-57(72)51(71)45(69)32-76-31-41-18-13-10-14-19-41)30-46(53(42)85-60-56(80-39(7)67)52(79-38(6)66)34(2)35(3)78-60)82-59-50(63-36(4)64)55-54(48(83-59)33-77-37(5)65)84-58(73)47(81-55)28-40-16-11-9-12-17-40/h10,13-14,18-19,34-35,40,42-43,45-48,50-56,59-60,69,71H,8-9,11-12,15-17,20-33H2,1-7H3,(H,61,70)(H,62,72)(H,63,64)/t34-,35?,42?,43?,45-,46-,47-,48+,50?,51+,52+,53-,54+,55?,56?,59-,60+/m1/s1. The first-order valence-electron chi connectivity index (χ1n) is 30.2. The van der Waals surface area contributed by atoms with Gasteiger partial charge in [-0.1, -0.05) is 82.7 Å². The highest BCUT2D eigenvalue weighted by Gasteiger charge is 2.57. The topological polar surface area (TPSA) is 324 Å². The van der Waals surface area contributed by atoms with Crippen LogP contribution in [0.1, 0.15) is 131 Å². The third kappa shape index (κ3) is 21.6. The van der Waals surface area contributed by atoms with Crippen LogP contribution in [0.5, 0.6) is 0 Å². The molecular formula is C60H91N3O22. The Morgan fingerprint density at radius 1 is 0.729 bits per heavy atom. The van der Waals surface area contributed by atoms with Crippen molar-refractivity contribution in [1.29, 1.82) is 0 Å². The van der Waals surface area contributed by atoms with Crippen molar-refractivity contribution in [2.24, 2.45) is 23.7 Å². The van der Waals surface area contributed by atoms with Gasteiger partial charge < -0.3 is 83.0 Å². The van der Waals surface area contributed by atoms with E-state index in [4.69, 9.17) is 56.8 Å². The number of aliphatic hydroxyl groups is 2. The third-order valence-corrected chi connectivity index (χ3v) is 16.2. The lowest BCUT2D eigenvalue weighted by atomic mass is 9.74. The molecule has 0 spiro atoms. The van der Waals surface area contributed by atoms with Gasteiger partial charge in [0, 0.05) is 65.5 Å². The summed E-state index contributed by atoms with van der Waals surface area (Å²) < 4.78 is 73.0. The zero-order valence-electron chi connectivity index (χ0n) is 50.2. The van der Waals surface area contributed by atoms with Crippen molar-refractivity contribution in [2.45, 2.75) is 218 Å². The number of benzene rings is 1. The molecule has 0 radical (unpaired) electrons. The number of hydrogen-bond acceptors (Lipinski definition) is 22. The molecule has 1 aromatic carbocycles. The lowest BCUT2D eigenvalue weighted by molar-refractivity contribution is -0.340. The van der Waals surface area contributed by atoms with Gasteiger partial charge in [0.1, 0.15) is 42.8 Å². The van der Waals surface area contributed by atoms with Gasteiger partial charge in [-0.25, -0.2) is 4.79 Å². The maximum absolute atomic E-state index is 14.3. The van der Waals surface area contributed by atoms with Crippen LogP contribution in [0.3, 0.4) is 0 Å². The Labute approximate surface area is 497 Å². The fraction of sp³-hybridized carbons (Fsp3) is 0.767. The van der Waals surface area contributed by atoms with Gasteiger partial charge in [0.25, 0.3) is 5.91 Å². The van der Waals surface area contributed by atoms with Gasteiger partial charge in [-0.3, -0.25) is 33.6 Å². The molecular weight excluding hydrogens is 1110 g/mol. The molecule has 5 aliphatic rings. The molecule has 25 nitrogen and oxygen atoms in total. The van der Waals surface area contributed by atoms with Gasteiger partial charge >= 0.3 is 23.9 Å². The Kier molecular flexibility index (Phi) is 28.3. The Bertz CT molecular complexity index is 2310. The summed E-state index contributed by atoms with van der Waals surface area (Å²) in [6.07, 6.45) is -7.85. The van der Waals surface area contributed by atoms with Crippen molar-refractivity contribution in [2.75, 3.05) is 52.7 Å². The Morgan fingerprint density at radius 2 is 1.44 bits per heavy atom. The van der Waals surface area contributed by atoms with Crippen LogP contribution in [0.25, 0.3) is 0 Å². The van der Waals surface area contributed by atoms with Gasteiger partial charge in [0.05, 0.1) is 58.0 Å². The molecule has 0 bridgehead atoms. The summed E-state index contributed by atoms with van der Waals surface area (Å²) in [5.41, 5.74) is 0.886. The summed E-state index contributed by atoms with van der Waals surface area (Å²) in [6.45, 7) is 11.0. The number of ether oxygens (including phenoxy) is 12. The van der Waals surface area contributed by atoms with Crippen molar-refractivity contribution < 1.29 is 105 Å². The average molecular weight is 1210 g/mol. The summed E-state index contributed by atoms with van der Waals surface area (Å²) in [4.78, 5) is 104. The summed E-state index contributed by atoms with van der Waals surface area (Å²) >= 11 is 0. The third-order valence-electron chi connectivity index (χ3n) is 16.2. The van der Waals surface area contributed by atoms with Crippen LogP contribution in [0, 0.1) is 23.7 Å². The van der Waals surface area contributed by atoms with E-state index in [9.17, 15) is 48.6 Å². The fourth-order valence-electron chi connectivity index (χ4n) is 11.7. The van der Waals surface area contributed by atoms with Crippen LogP contribution < -0.4 is 16.0 Å². The fourth-order valence-corrected chi connectivity index (χ4v) is 11.7. The Balaban J connectivity index is 1.06. The number of fused-ring (bicyclic) bond motifs is 1. The van der Waals surface area contributed by atoms with E-state index in [0.29, 0.717) is 25.7 Å². The zero-order chi connectivity index (χ0) is 61.6. The van der Waals surface area contributed by atoms with Crippen molar-refractivity contribution >= 4 is 47.4 Å². The molecule has 6 unspecified atom stereocenters. The summed E-state index contributed by atoms with van der Waals surface area (Å²) in [6, 6.07) is 8.17. The van der Waals surface area contributed by atoms with Crippen molar-refractivity contribution in [3.05, 3.63) is 35.9 Å².